The molecule has 0 radical (unpaired) electrons. The van der Waals surface area contributed by atoms with Crippen LogP contribution in [0.3, 0.4) is 0 Å². The lowest BCUT2D eigenvalue weighted by atomic mass is 9.99. The van der Waals surface area contributed by atoms with Crippen LogP contribution in [-0.2, 0) is 27.2 Å². The van der Waals surface area contributed by atoms with Gasteiger partial charge in [-0.25, -0.2) is 9.59 Å². The lowest BCUT2D eigenvalue weighted by Gasteiger charge is -2.17. The highest BCUT2D eigenvalue weighted by Gasteiger charge is 2.24. The highest BCUT2D eigenvalue weighted by Crippen LogP contribution is 2.32. The molecule has 1 atom stereocenters. The van der Waals surface area contributed by atoms with Crippen molar-refractivity contribution >= 4 is 33.8 Å². The molecule has 0 saturated carbocycles. The highest BCUT2D eigenvalue weighted by atomic mass is 16.5. The number of methoxy groups -OCH3 is 1. The van der Waals surface area contributed by atoms with Crippen molar-refractivity contribution in [3.63, 3.8) is 0 Å². The maximum atomic E-state index is 12.9. The molecule has 0 saturated heterocycles. The molecule has 2 aromatic heterocycles. The number of hydrogen-bond acceptors (Lipinski definition) is 6. The molecule has 7 nitrogen and oxygen atoms in total. The highest BCUT2D eigenvalue weighted by molar-refractivity contribution is 6.00. The molecule has 2 aromatic carbocycles. The Morgan fingerprint density at radius 1 is 1.03 bits per heavy atom. The molecule has 0 aliphatic heterocycles. The normalized spacial score (nSPS) is 12.1. The van der Waals surface area contributed by atoms with E-state index in [-0.39, 0.29) is 18.4 Å². The first-order valence-electron chi connectivity index (χ1n) is 10.6. The van der Waals surface area contributed by atoms with Crippen molar-refractivity contribution < 1.29 is 23.2 Å². The third kappa shape index (κ3) is 4.26. The Morgan fingerprint density at radius 3 is 2.45 bits per heavy atom. The molecule has 0 bridgehead atoms. The summed E-state index contributed by atoms with van der Waals surface area (Å²) in [6.45, 7) is 5.58. The van der Waals surface area contributed by atoms with Gasteiger partial charge < -0.3 is 18.9 Å². The molecule has 4 rings (SSSR count). The summed E-state index contributed by atoms with van der Waals surface area (Å²) in [7, 11) is 1.27. The van der Waals surface area contributed by atoms with Gasteiger partial charge in [0.15, 0.2) is 0 Å². The minimum absolute atomic E-state index is 0.214. The summed E-state index contributed by atoms with van der Waals surface area (Å²) in [5.41, 5.74) is 4.04. The summed E-state index contributed by atoms with van der Waals surface area (Å²) in [4.78, 5) is 37.9. The third-order valence-corrected chi connectivity index (χ3v) is 5.98. The average molecular weight is 447 g/mol. The van der Waals surface area contributed by atoms with Crippen molar-refractivity contribution in [2.24, 2.45) is 0 Å². The first kappa shape index (κ1) is 22.3. The lowest BCUT2D eigenvalue weighted by Crippen LogP contribution is -2.44. The fraction of sp³-hybridized carbons (Fsp3) is 0.269. The number of nitrogens with one attached hydrogen (secondary N) is 1. The van der Waals surface area contributed by atoms with Gasteiger partial charge in [0.25, 0.3) is 0 Å². The first-order valence-corrected chi connectivity index (χ1v) is 10.6. The number of hydrogen-bond donors (Lipinski definition) is 1. The van der Waals surface area contributed by atoms with Crippen LogP contribution in [0.5, 0.6) is 0 Å². The van der Waals surface area contributed by atoms with Crippen LogP contribution in [0.1, 0.15) is 27.8 Å². The van der Waals surface area contributed by atoms with Crippen LogP contribution in [-0.4, -0.2) is 25.0 Å². The van der Waals surface area contributed by atoms with Crippen molar-refractivity contribution in [1.29, 1.82) is 0 Å². The van der Waals surface area contributed by atoms with Crippen molar-refractivity contribution in [2.45, 2.75) is 39.7 Å². The summed E-state index contributed by atoms with van der Waals surface area (Å²) in [5, 5.41) is 4.39. The number of furan rings is 1. The van der Waals surface area contributed by atoms with Gasteiger partial charge in [-0.1, -0.05) is 30.3 Å². The Morgan fingerprint density at radius 2 is 1.76 bits per heavy atom. The standard InChI is InChI=1S/C26H25NO6/c1-14-13-32-23-16(3)24-19(11-18(14)23)15(2)20(25(29)33-24)12-22(28)27-21(26(30)31-4)10-17-8-6-5-7-9-17/h5-9,11,13,21H,10,12H2,1-4H3,(H,27,28)/t21-/m1/s1. The molecule has 0 aliphatic rings. The third-order valence-electron chi connectivity index (χ3n) is 5.98. The number of carbonyl (C=O) groups excluding carboxylic acids is 2. The van der Waals surface area contributed by atoms with E-state index in [2.05, 4.69) is 5.32 Å². The van der Waals surface area contributed by atoms with E-state index in [0.29, 0.717) is 16.7 Å². The molecule has 170 valence electrons. The first-order chi connectivity index (χ1) is 15.8. The van der Waals surface area contributed by atoms with Crippen LogP contribution >= 0.6 is 0 Å². The van der Waals surface area contributed by atoms with Crippen LogP contribution in [0.25, 0.3) is 21.9 Å². The molecular weight excluding hydrogens is 422 g/mol. The molecule has 1 amide bonds. The minimum Gasteiger partial charge on any atom is -0.467 e. The van der Waals surface area contributed by atoms with E-state index in [1.807, 2.05) is 50.2 Å². The van der Waals surface area contributed by atoms with E-state index in [4.69, 9.17) is 13.6 Å². The smallest absolute Gasteiger partial charge is 0.340 e. The summed E-state index contributed by atoms with van der Waals surface area (Å²) in [6, 6.07) is 10.4. The Balaban J connectivity index is 1.65. The van der Waals surface area contributed by atoms with E-state index in [1.165, 1.54) is 7.11 Å². The Hall–Kier alpha value is -3.87. The molecule has 33 heavy (non-hydrogen) atoms. The van der Waals surface area contributed by atoms with Crippen LogP contribution in [0.15, 0.2) is 56.3 Å². The second-order valence-electron chi connectivity index (χ2n) is 8.18. The number of ether oxygens (including phenoxy) is 1. The quantitative estimate of drug-likeness (QED) is 0.355. The number of aryl methyl sites for hydroxylation is 3. The number of rotatable bonds is 6. The number of esters is 1. The van der Waals surface area contributed by atoms with E-state index in [1.54, 1.807) is 13.2 Å². The Bertz CT molecular complexity index is 1410. The fourth-order valence-corrected chi connectivity index (χ4v) is 4.11. The second-order valence-corrected chi connectivity index (χ2v) is 8.18. The van der Waals surface area contributed by atoms with E-state index in [9.17, 15) is 14.4 Å². The second kappa shape index (κ2) is 8.94. The van der Waals surface area contributed by atoms with Gasteiger partial charge in [0, 0.05) is 22.8 Å². The fourth-order valence-electron chi connectivity index (χ4n) is 4.11. The Kier molecular flexibility index (Phi) is 6.05. The predicted octanol–water partition coefficient (Wildman–Crippen LogP) is 3.91. The van der Waals surface area contributed by atoms with Gasteiger partial charge in [0.05, 0.1) is 25.4 Å². The van der Waals surface area contributed by atoms with Gasteiger partial charge in [-0.3, -0.25) is 4.79 Å². The van der Waals surface area contributed by atoms with E-state index in [0.717, 1.165) is 27.5 Å². The van der Waals surface area contributed by atoms with Gasteiger partial charge in [-0.2, -0.15) is 0 Å². The van der Waals surface area contributed by atoms with Gasteiger partial charge in [0.2, 0.25) is 5.91 Å². The van der Waals surface area contributed by atoms with Crippen LogP contribution in [0.2, 0.25) is 0 Å². The molecule has 0 aliphatic carbocycles. The van der Waals surface area contributed by atoms with E-state index < -0.39 is 23.5 Å². The van der Waals surface area contributed by atoms with Crippen molar-refractivity contribution in [3.8, 4) is 0 Å². The largest absolute Gasteiger partial charge is 0.467 e. The van der Waals surface area contributed by atoms with Gasteiger partial charge in [0.1, 0.15) is 17.2 Å². The molecule has 0 fully saturated rings. The van der Waals surface area contributed by atoms with Gasteiger partial charge >= 0.3 is 11.6 Å². The van der Waals surface area contributed by atoms with Crippen LogP contribution in [0, 0.1) is 20.8 Å². The minimum atomic E-state index is -0.867. The predicted molar refractivity (Wildman–Crippen MR) is 124 cm³/mol. The maximum Gasteiger partial charge on any atom is 0.340 e. The summed E-state index contributed by atoms with van der Waals surface area (Å²) in [6.07, 6.45) is 1.73. The number of carbonyl (C=O) groups is 2. The summed E-state index contributed by atoms with van der Waals surface area (Å²) >= 11 is 0. The average Bonchev–Trinajstić information content (AvgIpc) is 3.18. The van der Waals surface area contributed by atoms with Gasteiger partial charge in [-0.15, -0.1) is 0 Å². The maximum absolute atomic E-state index is 12.9. The zero-order chi connectivity index (χ0) is 23.7. The summed E-state index contributed by atoms with van der Waals surface area (Å²) < 4.78 is 16.1. The Labute approximate surface area is 190 Å². The summed E-state index contributed by atoms with van der Waals surface area (Å²) in [5.74, 6) is -1.02. The molecule has 2 heterocycles. The van der Waals surface area contributed by atoms with Crippen molar-refractivity contribution in [2.75, 3.05) is 7.11 Å². The molecule has 0 unspecified atom stereocenters. The van der Waals surface area contributed by atoms with Crippen molar-refractivity contribution in [1.82, 2.24) is 5.32 Å². The van der Waals surface area contributed by atoms with E-state index >= 15 is 0 Å². The zero-order valence-corrected chi connectivity index (χ0v) is 19.0. The van der Waals surface area contributed by atoms with Gasteiger partial charge in [-0.05, 0) is 43.5 Å². The number of amides is 1. The topological polar surface area (TPSA) is 98.8 Å². The molecule has 7 heteroatoms. The SMILES string of the molecule is COC(=O)[C@@H](Cc1ccccc1)NC(=O)Cc1c(C)c2cc3c(C)coc3c(C)c2oc1=O. The van der Waals surface area contributed by atoms with Crippen LogP contribution < -0.4 is 10.9 Å². The lowest BCUT2D eigenvalue weighted by molar-refractivity contribution is -0.145. The molecule has 1 N–H and O–H groups in total. The molecule has 0 spiro atoms. The van der Waals surface area contributed by atoms with Crippen molar-refractivity contribution in [3.05, 3.63) is 80.9 Å². The number of fused-ring (bicyclic) bond motifs is 2. The zero-order valence-electron chi connectivity index (χ0n) is 19.0. The number of benzene rings is 2. The van der Waals surface area contributed by atoms with Crippen LogP contribution in [0.4, 0.5) is 0 Å². The molecular formula is C26H25NO6. The molecule has 4 aromatic rings. The monoisotopic (exact) mass is 447 g/mol.